The summed E-state index contributed by atoms with van der Waals surface area (Å²) in [6, 6.07) is 4.51. The summed E-state index contributed by atoms with van der Waals surface area (Å²) < 4.78 is 33.9. The molecule has 8 heteroatoms. The van der Waals surface area contributed by atoms with Crippen LogP contribution in [0.15, 0.2) is 23.1 Å². The molecule has 0 radical (unpaired) electrons. The average Bonchev–Trinajstić information content (AvgIpc) is 2.63. The number of nitrogens with one attached hydrogen (secondary N) is 2. The summed E-state index contributed by atoms with van der Waals surface area (Å²) in [4.78, 5) is 1.50. The van der Waals surface area contributed by atoms with Crippen LogP contribution in [0.3, 0.4) is 0 Å². The Labute approximate surface area is 159 Å². The summed E-state index contributed by atoms with van der Waals surface area (Å²) in [5.41, 5.74) is -0.0554. The number of halogens is 2. The predicted molar refractivity (Wildman–Crippen MR) is 99.0 cm³/mol. The molecule has 0 bridgehead atoms. The van der Waals surface area contributed by atoms with Crippen LogP contribution in [-0.2, 0) is 14.8 Å². The SMILES string of the molecule is O=S(=O)(NCC1([NH+]2CCOCC2)CCCCC1)c1cc(Cl)ccc1Cl. The Balaban J connectivity index is 1.79. The molecular weight excluding hydrogens is 383 g/mol. The van der Waals surface area contributed by atoms with Gasteiger partial charge in [-0.25, -0.2) is 13.1 Å². The maximum Gasteiger partial charge on any atom is 0.242 e. The second kappa shape index (κ2) is 8.11. The van der Waals surface area contributed by atoms with Gasteiger partial charge in [0.15, 0.2) is 0 Å². The zero-order valence-electron chi connectivity index (χ0n) is 14.2. The second-order valence-corrected chi connectivity index (χ2v) is 9.54. The molecule has 2 aliphatic rings. The van der Waals surface area contributed by atoms with Gasteiger partial charge in [0.25, 0.3) is 0 Å². The van der Waals surface area contributed by atoms with Gasteiger partial charge in [0.1, 0.15) is 23.5 Å². The Kier molecular flexibility index (Phi) is 6.29. The summed E-state index contributed by atoms with van der Waals surface area (Å²) >= 11 is 12.0. The molecule has 1 saturated carbocycles. The van der Waals surface area contributed by atoms with Crippen LogP contribution in [-0.4, -0.2) is 46.8 Å². The lowest BCUT2D eigenvalue weighted by Gasteiger charge is -2.45. The third-order valence-electron chi connectivity index (χ3n) is 5.44. The highest BCUT2D eigenvalue weighted by Gasteiger charge is 2.43. The molecule has 1 saturated heterocycles. The first kappa shape index (κ1) is 19.4. The highest BCUT2D eigenvalue weighted by Crippen LogP contribution is 2.28. The molecule has 0 aromatic heterocycles. The highest BCUT2D eigenvalue weighted by atomic mass is 35.5. The molecule has 2 N–H and O–H groups in total. The molecule has 140 valence electrons. The fraction of sp³-hybridized carbons (Fsp3) is 0.647. The number of rotatable bonds is 5. The number of quaternary nitrogens is 1. The lowest BCUT2D eigenvalue weighted by atomic mass is 9.80. The van der Waals surface area contributed by atoms with Crippen molar-refractivity contribution in [2.75, 3.05) is 32.8 Å². The molecule has 5 nitrogen and oxygen atoms in total. The minimum absolute atomic E-state index is 0.0459. The first-order valence-corrected chi connectivity index (χ1v) is 11.0. The van der Waals surface area contributed by atoms with E-state index in [2.05, 4.69) is 4.72 Å². The van der Waals surface area contributed by atoms with Gasteiger partial charge < -0.3 is 9.64 Å². The standard InChI is InChI=1S/C17H24Cl2N2O3S/c18-14-4-5-15(19)16(12-14)25(22,23)20-13-17(6-2-1-3-7-17)21-8-10-24-11-9-21/h4-5,12,20H,1-3,6-11,13H2/p+1. The fourth-order valence-electron chi connectivity index (χ4n) is 4.03. The quantitative estimate of drug-likeness (QED) is 0.783. The van der Waals surface area contributed by atoms with Crippen LogP contribution in [0.5, 0.6) is 0 Å². The first-order chi connectivity index (χ1) is 11.9. The lowest BCUT2D eigenvalue weighted by molar-refractivity contribution is -0.960. The van der Waals surface area contributed by atoms with Crippen LogP contribution in [0.1, 0.15) is 32.1 Å². The maximum atomic E-state index is 12.8. The molecule has 1 aliphatic carbocycles. The van der Waals surface area contributed by atoms with E-state index in [0.29, 0.717) is 11.6 Å². The van der Waals surface area contributed by atoms with Crippen molar-refractivity contribution in [2.45, 2.75) is 42.5 Å². The molecule has 1 aromatic carbocycles. The molecular formula is C17H25Cl2N2O3S+. The van der Waals surface area contributed by atoms with Crippen molar-refractivity contribution in [1.29, 1.82) is 0 Å². The summed E-state index contributed by atoms with van der Waals surface area (Å²) in [6.45, 7) is 3.76. The molecule has 0 amide bonds. The van der Waals surface area contributed by atoms with Gasteiger partial charge >= 0.3 is 0 Å². The molecule has 25 heavy (non-hydrogen) atoms. The first-order valence-electron chi connectivity index (χ1n) is 8.81. The van der Waals surface area contributed by atoms with Gasteiger partial charge in [-0.05, 0) is 31.0 Å². The Bertz CT molecular complexity index is 700. The average molecular weight is 408 g/mol. The largest absolute Gasteiger partial charge is 0.370 e. The van der Waals surface area contributed by atoms with Crippen LogP contribution >= 0.6 is 23.2 Å². The molecule has 0 atom stereocenters. The van der Waals surface area contributed by atoms with Crippen molar-refractivity contribution in [3.05, 3.63) is 28.2 Å². The van der Waals surface area contributed by atoms with E-state index >= 15 is 0 Å². The van der Waals surface area contributed by atoms with E-state index in [4.69, 9.17) is 27.9 Å². The van der Waals surface area contributed by atoms with E-state index in [1.165, 1.54) is 23.5 Å². The van der Waals surface area contributed by atoms with E-state index in [0.717, 1.165) is 52.0 Å². The zero-order chi connectivity index (χ0) is 17.9. The van der Waals surface area contributed by atoms with Gasteiger partial charge in [-0.1, -0.05) is 29.6 Å². The van der Waals surface area contributed by atoms with Gasteiger partial charge in [-0.15, -0.1) is 0 Å². The number of benzene rings is 1. The predicted octanol–water partition coefficient (Wildman–Crippen LogP) is 1.89. The van der Waals surface area contributed by atoms with E-state index in [1.54, 1.807) is 6.07 Å². The van der Waals surface area contributed by atoms with Crippen LogP contribution in [0, 0.1) is 0 Å². The number of sulfonamides is 1. The third kappa shape index (κ3) is 4.49. The molecule has 1 aromatic rings. The minimum Gasteiger partial charge on any atom is -0.370 e. The number of ether oxygens (including phenoxy) is 1. The van der Waals surface area contributed by atoms with E-state index in [9.17, 15) is 8.42 Å². The smallest absolute Gasteiger partial charge is 0.242 e. The van der Waals surface area contributed by atoms with Gasteiger partial charge in [0, 0.05) is 17.9 Å². The summed E-state index contributed by atoms with van der Waals surface area (Å²) in [5.74, 6) is 0. The van der Waals surface area contributed by atoms with Crippen molar-refractivity contribution >= 4 is 33.2 Å². The highest BCUT2D eigenvalue weighted by molar-refractivity contribution is 7.89. The Hall–Kier alpha value is -0.370. The number of hydrogen-bond donors (Lipinski definition) is 2. The summed E-state index contributed by atoms with van der Waals surface area (Å²) in [6.07, 6.45) is 5.58. The van der Waals surface area contributed by atoms with Gasteiger partial charge in [-0.3, -0.25) is 0 Å². The Morgan fingerprint density at radius 3 is 2.48 bits per heavy atom. The van der Waals surface area contributed by atoms with Gasteiger partial charge in [-0.2, -0.15) is 0 Å². The summed E-state index contributed by atoms with van der Waals surface area (Å²) in [7, 11) is -3.70. The molecule has 2 fully saturated rings. The van der Waals surface area contributed by atoms with Crippen molar-refractivity contribution in [3.8, 4) is 0 Å². The van der Waals surface area contributed by atoms with Crippen LogP contribution in [0.25, 0.3) is 0 Å². The maximum absolute atomic E-state index is 12.8. The number of hydrogen-bond acceptors (Lipinski definition) is 3. The minimum atomic E-state index is -3.70. The van der Waals surface area contributed by atoms with Crippen molar-refractivity contribution in [3.63, 3.8) is 0 Å². The Morgan fingerprint density at radius 2 is 1.80 bits per heavy atom. The van der Waals surface area contributed by atoms with E-state index < -0.39 is 10.0 Å². The number of morpholine rings is 1. The summed E-state index contributed by atoms with van der Waals surface area (Å²) in [5, 5.41) is 0.546. The van der Waals surface area contributed by atoms with Gasteiger partial charge in [0.05, 0.1) is 24.8 Å². The Morgan fingerprint density at radius 1 is 1.12 bits per heavy atom. The fourth-order valence-corrected chi connectivity index (χ4v) is 5.91. The third-order valence-corrected chi connectivity index (χ3v) is 7.56. The normalized spacial score (nSPS) is 22.0. The van der Waals surface area contributed by atoms with E-state index in [-0.39, 0.29) is 15.5 Å². The monoisotopic (exact) mass is 407 g/mol. The van der Waals surface area contributed by atoms with Crippen LogP contribution < -0.4 is 9.62 Å². The van der Waals surface area contributed by atoms with Crippen molar-refractivity contribution < 1.29 is 18.1 Å². The molecule has 0 spiro atoms. The second-order valence-electron chi connectivity index (χ2n) is 6.96. The van der Waals surface area contributed by atoms with Crippen LogP contribution in [0.4, 0.5) is 0 Å². The lowest BCUT2D eigenvalue weighted by Crippen LogP contribution is -3.23. The van der Waals surface area contributed by atoms with Crippen LogP contribution in [0.2, 0.25) is 10.0 Å². The van der Waals surface area contributed by atoms with E-state index in [1.807, 2.05) is 0 Å². The van der Waals surface area contributed by atoms with Gasteiger partial charge in [0.2, 0.25) is 10.0 Å². The van der Waals surface area contributed by atoms with Crippen molar-refractivity contribution in [2.24, 2.45) is 0 Å². The molecule has 0 unspecified atom stereocenters. The molecule has 3 rings (SSSR count). The van der Waals surface area contributed by atoms with Crippen molar-refractivity contribution in [1.82, 2.24) is 4.72 Å². The molecule has 1 heterocycles. The molecule has 1 aliphatic heterocycles. The zero-order valence-corrected chi connectivity index (χ0v) is 16.5. The topological polar surface area (TPSA) is 59.8 Å².